The van der Waals surface area contributed by atoms with Crippen molar-refractivity contribution in [3.8, 4) is 11.5 Å². The highest BCUT2D eigenvalue weighted by atomic mass is 31.2. The molecule has 254 valence electrons. The fourth-order valence-electron chi connectivity index (χ4n) is 5.03. The first-order chi connectivity index (χ1) is 21.7. The number of rotatable bonds is 17. The van der Waals surface area contributed by atoms with Gasteiger partial charge in [-0.1, -0.05) is 36.4 Å². The third-order valence-corrected chi connectivity index (χ3v) is 8.95. The van der Waals surface area contributed by atoms with Crippen molar-refractivity contribution in [3.63, 3.8) is 0 Å². The lowest BCUT2D eigenvalue weighted by Crippen LogP contribution is -2.55. The molecular formula is C30H42N3O12P. The first kappa shape index (κ1) is 36.9. The molecule has 3 rings (SSSR count). The third-order valence-electron chi connectivity index (χ3n) is 7.65. The summed E-state index contributed by atoms with van der Waals surface area (Å²) in [5.74, 6) is -1.79. The molecule has 0 bridgehead atoms. The van der Waals surface area contributed by atoms with Crippen LogP contribution in [-0.4, -0.2) is 117 Å². The number of nitrogens with zero attached hydrogens (tertiary/aromatic N) is 1. The zero-order valence-electron chi connectivity index (χ0n) is 25.9. The predicted molar refractivity (Wildman–Crippen MR) is 164 cm³/mol. The fraction of sp³-hybridized carbons (Fsp3) is 0.500. The molecule has 7 N–H and O–H groups in total. The number of methoxy groups -OCH3 is 1. The summed E-state index contributed by atoms with van der Waals surface area (Å²) in [4.78, 5) is 48.3. The lowest BCUT2D eigenvalue weighted by Gasteiger charge is -2.31. The summed E-state index contributed by atoms with van der Waals surface area (Å²) in [6.45, 7) is 0.900. The van der Waals surface area contributed by atoms with E-state index >= 15 is 0 Å². The number of benzene rings is 2. The third kappa shape index (κ3) is 9.97. The number of aliphatic hydroxyl groups excluding tert-OH is 3. The van der Waals surface area contributed by atoms with E-state index in [0.717, 1.165) is 12.5 Å². The summed E-state index contributed by atoms with van der Waals surface area (Å²) in [5, 5.41) is 45.2. The normalized spacial score (nSPS) is 22.3. The number of carboxylic acids is 1. The highest BCUT2D eigenvalue weighted by Crippen LogP contribution is 2.43. The minimum atomic E-state index is -4.50. The summed E-state index contributed by atoms with van der Waals surface area (Å²) in [6, 6.07) is 12.5. The second-order valence-electron chi connectivity index (χ2n) is 11.2. The van der Waals surface area contributed by atoms with Crippen LogP contribution in [0, 0.1) is 0 Å². The zero-order valence-corrected chi connectivity index (χ0v) is 26.8. The van der Waals surface area contributed by atoms with Gasteiger partial charge in [0.05, 0.1) is 57.2 Å². The van der Waals surface area contributed by atoms with Crippen molar-refractivity contribution in [2.24, 2.45) is 0 Å². The summed E-state index contributed by atoms with van der Waals surface area (Å²) in [5.41, 5.74) is -0.644. The lowest BCUT2D eigenvalue weighted by atomic mass is 10.0. The first-order valence-electron chi connectivity index (χ1n) is 14.5. The molecule has 1 saturated heterocycles. The molecule has 1 heterocycles. The standard InChI is InChI=1S/C30H42N3O12P/c1-19(35)31-15-22-27(37)28(38)23(16-34)33(22)11-12-46(41,42)45-18-30(2,29(39)40)32-26(36)14-21-9-10-24(25(13-21)43-3)44-17-20-7-5-4-6-8-20/h4-10,13,22-23,27-28,34,37-38H,11-12,14-18H2,1-3H3,(H,31,35)(H,32,36)(H,39,40)(H,41,42)/t22-,23-,27-,28-,30?/m1/s1. The molecule has 15 nitrogen and oxygen atoms in total. The molecule has 0 aliphatic carbocycles. The summed E-state index contributed by atoms with van der Waals surface area (Å²) in [7, 11) is -3.05. The van der Waals surface area contributed by atoms with Gasteiger partial charge in [-0.05, 0) is 30.2 Å². The molecule has 0 aromatic heterocycles. The monoisotopic (exact) mass is 667 g/mol. The van der Waals surface area contributed by atoms with E-state index in [1.165, 1.54) is 18.9 Å². The topological polar surface area (TPSA) is 224 Å². The van der Waals surface area contributed by atoms with E-state index in [1.54, 1.807) is 18.2 Å². The molecule has 1 aliphatic heterocycles. The Hall–Kier alpha value is -3.56. The fourth-order valence-corrected chi connectivity index (χ4v) is 6.10. The van der Waals surface area contributed by atoms with Gasteiger partial charge in [-0.2, -0.15) is 0 Å². The van der Waals surface area contributed by atoms with Gasteiger partial charge in [-0.3, -0.25) is 19.1 Å². The second kappa shape index (κ2) is 16.3. The van der Waals surface area contributed by atoms with Gasteiger partial charge in [-0.25, -0.2) is 4.79 Å². The van der Waals surface area contributed by atoms with Crippen molar-refractivity contribution in [1.82, 2.24) is 15.5 Å². The summed E-state index contributed by atoms with van der Waals surface area (Å²) in [6.07, 6.45) is -3.55. The molecule has 0 spiro atoms. The number of aliphatic carboxylic acids is 1. The van der Waals surface area contributed by atoms with Crippen molar-refractivity contribution in [3.05, 3.63) is 59.7 Å². The van der Waals surface area contributed by atoms with Crippen LogP contribution in [0.25, 0.3) is 0 Å². The number of hydrogen-bond donors (Lipinski definition) is 7. The minimum Gasteiger partial charge on any atom is -0.493 e. The van der Waals surface area contributed by atoms with E-state index in [9.17, 15) is 44.3 Å². The van der Waals surface area contributed by atoms with Crippen molar-refractivity contribution in [2.75, 3.05) is 39.6 Å². The largest absolute Gasteiger partial charge is 0.493 e. The van der Waals surface area contributed by atoms with E-state index in [0.29, 0.717) is 23.7 Å². The van der Waals surface area contributed by atoms with E-state index in [4.69, 9.17) is 14.0 Å². The van der Waals surface area contributed by atoms with Gasteiger partial charge < -0.3 is 50.0 Å². The molecule has 0 radical (unpaired) electrons. The molecule has 46 heavy (non-hydrogen) atoms. The molecule has 2 aromatic carbocycles. The molecule has 1 aliphatic rings. The number of ether oxygens (including phenoxy) is 2. The quantitative estimate of drug-likeness (QED) is 0.109. The van der Waals surface area contributed by atoms with Crippen molar-refractivity contribution >= 4 is 25.4 Å². The second-order valence-corrected chi connectivity index (χ2v) is 13.2. The van der Waals surface area contributed by atoms with Crippen LogP contribution in [0.2, 0.25) is 0 Å². The molecule has 2 aromatic rings. The number of carbonyl (C=O) groups is 3. The number of hydrogen-bond acceptors (Lipinski definition) is 11. The van der Waals surface area contributed by atoms with E-state index < -0.39 is 74.6 Å². The maximum absolute atomic E-state index is 12.9. The summed E-state index contributed by atoms with van der Waals surface area (Å²) >= 11 is 0. The van der Waals surface area contributed by atoms with Gasteiger partial charge in [0.15, 0.2) is 17.0 Å². The van der Waals surface area contributed by atoms with Crippen LogP contribution >= 0.6 is 7.60 Å². The Morgan fingerprint density at radius 3 is 2.30 bits per heavy atom. The van der Waals surface area contributed by atoms with E-state index in [1.807, 2.05) is 30.3 Å². The smallest absolute Gasteiger partial charge is 0.331 e. The van der Waals surface area contributed by atoms with Crippen LogP contribution in [-0.2, 0) is 36.5 Å². The molecule has 2 unspecified atom stereocenters. The lowest BCUT2D eigenvalue weighted by molar-refractivity contribution is -0.148. The Kier molecular flexibility index (Phi) is 13.1. The molecule has 1 fully saturated rings. The number of likely N-dealkylation sites (tertiary alicyclic amines) is 1. The maximum atomic E-state index is 12.9. The minimum absolute atomic E-state index is 0.0981. The highest BCUT2D eigenvalue weighted by Gasteiger charge is 2.47. The number of amides is 2. The predicted octanol–water partition coefficient (Wildman–Crippen LogP) is -0.119. The number of carbonyl (C=O) groups excluding carboxylic acids is 2. The maximum Gasteiger partial charge on any atom is 0.331 e. The number of aliphatic hydroxyl groups is 3. The average Bonchev–Trinajstić information content (AvgIpc) is 3.25. The average molecular weight is 668 g/mol. The van der Waals surface area contributed by atoms with Crippen LogP contribution in [0.5, 0.6) is 11.5 Å². The molecule has 6 atom stereocenters. The van der Waals surface area contributed by atoms with Crippen molar-refractivity contribution in [1.29, 1.82) is 0 Å². The van der Waals surface area contributed by atoms with Gasteiger partial charge in [0, 0.05) is 20.0 Å². The van der Waals surface area contributed by atoms with Crippen LogP contribution in [0.15, 0.2) is 48.5 Å². The molecular weight excluding hydrogens is 625 g/mol. The molecule has 16 heteroatoms. The Bertz CT molecular complexity index is 1400. The number of carboxylic acid groups (broad SMARTS) is 1. The van der Waals surface area contributed by atoms with Crippen LogP contribution in [0.4, 0.5) is 0 Å². The SMILES string of the molecule is COc1cc(CC(=O)NC(C)(COP(=O)(O)CCN2[C@H](CO)[C@@H](O)[C@H](O)[C@H]2CNC(C)=O)C(=O)O)ccc1OCc1ccccc1. The van der Waals surface area contributed by atoms with Crippen molar-refractivity contribution in [2.45, 2.75) is 56.7 Å². The van der Waals surface area contributed by atoms with Crippen LogP contribution in [0.3, 0.4) is 0 Å². The van der Waals surface area contributed by atoms with Gasteiger partial charge in [0.2, 0.25) is 11.8 Å². The highest BCUT2D eigenvalue weighted by molar-refractivity contribution is 7.52. The Morgan fingerprint density at radius 1 is 1.02 bits per heavy atom. The Balaban J connectivity index is 1.60. The van der Waals surface area contributed by atoms with Crippen molar-refractivity contribution < 1.29 is 58.3 Å². The van der Waals surface area contributed by atoms with Gasteiger partial charge >= 0.3 is 13.6 Å². The van der Waals surface area contributed by atoms with Crippen LogP contribution in [0.1, 0.15) is 25.0 Å². The Morgan fingerprint density at radius 2 is 1.70 bits per heavy atom. The summed E-state index contributed by atoms with van der Waals surface area (Å²) < 4.78 is 29.3. The van der Waals surface area contributed by atoms with Gasteiger partial charge in [-0.15, -0.1) is 0 Å². The molecule has 0 saturated carbocycles. The van der Waals surface area contributed by atoms with Crippen LogP contribution < -0.4 is 20.1 Å². The zero-order chi connectivity index (χ0) is 34.1. The Labute approximate surface area is 266 Å². The molecule has 2 amide bonds. The first-order valence-corrected chi connectivity index (χ1v) is 16.3. The van der Waals surface area contributed by atoms with E-state index in [2.05, 4.69) is 10.6 Å². The van der Waals surface area contributed by atoms with E-state index in [-0.39, 0.29) is 19.5 Å². The van der Waals surface area contributed by atoms with Gasteiger partial charge in [0.1, 0.15) is 6.61 Å². The van der Waals surface area contributed by atoms with Gasteiger partial charge in [0.25, 0.3) is 0 Å². The number of nitrogens with one attached hydrogen (secondary N) is 2.